The van der Waals surface area contributed by atoms with Crippen molar-refractivity contribution in [2.75, 3.05) is 18.5 Å². The number of thiophene rings is 1. The Bertz CT molecular complexity index is 1020. The van der Waals surface area contributed by atoms with Gasteiger partial charge in [0.2, 0.25) is 5.91 Å². The first-order valence-corrected chi connectivity index (χ1v) is 11.4. The number of nitrogens with zero attached hydrogens (tertiary/aromatic N) is 2. The minimum absolute atomic E-state index is 0.224. The minimum atomic E-state index is -0.309. The standard InChI is InChI=1S/C23H25N3O4S/c1-15-4-2-10-26(15)23(28)30-14-16-6-8-18-19(13-24)22(31-20(18)12-16)25-21(27)9-7-17-5-3-11-29-17/h3,5,7,9,11,15-16H,2,4,6,8,10,12,14H2,1H3,(H,25,27)/b9-7+. The molecule has 4 rings (SSSR count). The van der Waals surface area contributed by atoms with Gasteiger partial charge in [0.15, 0.2) is 0 Å². The first kappa shape index (κ1) is 21.2. The summed E-state index contributed by atoms with van der Waals surface area (Å²) in [4.78, 5) is 27.5. The van der Waals surface area contributed by atoms with Gasteiger partial charge in [-0.3, -0.25) is 4.79 Å². The number of anilines is 1. The number of hydrogen-bond donors (Lipinski definition) is 1. The van der Waals surface area contributed by atoms with Crippen LogP contribution in [0.4, 0.5) is 9.80 Å². The number of rotatable bonds is 5. The number of amides is 2. The maximum absolute atomic E-state index is 12.3. The molecule has 31 heavy (non-hydrogen) atoms. The molecule has 8 heteroatoms. The Hall–Kier alpha value is -3.05. The number of nitrogens with one attached hydrogen (secondary N) is 1. The minimum Gasteiger partial charge on any atom is -0.465 e. The van der Waals surface area contributed by atoms with Crippen LogP contribution in [0, 0.1) is 17.2 Å². The molecule has 0 radical (unpaired) electrons. The molecule has 2 aromatic heterocycles. The zero-order chi connectivity index (χ0) is 21.8. The molecule has 1 aliphatic carbocycles. The monoisotopic (exact) mass is 439 g/mol. The van der Waals surface area contributed by atoms with Crippen molar-refractivity contribution in [3.05, 3.63) is 46.2 Å². The lowest BCUT2D eigenvalue weighted by molar-refractivity contribution is -0.111. The maximum Gasteiger partial charge on any atom is 0.410 e. The number of fused-ring (bicyclic) bond motifs is 1. The summed E-state index contributed by atoms with van der Waals surface area (Å²) >= 11 is 1.44. The quantitative estimate of drug-likeness (QED) is 0.688. The predicted octanol–water partition coefficient (Wildman–Crippen LogP) is 4.59. The van der Waals surface area contributed by atoms with Gasteiger partial charge in [0.25, 0.3) is 0 Å². The largest absolute Gasteiger partial charge is 0.465 e. The van der Waals surface area contributed by atoms with Crippen LogP contribution in [-0.2, 0) is 22.4 Å². The Morgan fingerprint density at radius 3 is 3.03 bits per heavy atom. The highest BCUT2D eigenvalue weighted by Gasteiger charge is 2.29. The van der Waals surface area contributed by atoms with E-state index in [1.54, 1.807) is 23.1 Å². The maximum atomic E-state index is 12.3. The molecule has 1 saturated heterocycles. The van der Waals surface area contributed by atoms with Crippen LogP contribution in [0.1, 0.15) is 48.0 Å². The lowest BCUT2D eigenvalue weighted by atomic mass is 9.88. The third-order valence-electron chi connectivity index (χ3n) is 5.89. The molecular weight excluding hydrogens is 414 g/mol. The number of carbonyl (C=O) groups excluding carboxylic acids is 2. The predicted molar refractivity (Wildman–Crippen MR) is 118 cm³/mol. The van der Waals surface area contributed by atoms with Crippen LogP contribution < -0.4 is 5.32 Å². The van der Waals surface area contributed by atoms with E-state index in [9.17, 15) is 14.9 Å². The van der Waals surface area contributed by atoms with E-state index in [1.807, 2.05) is 0 Å². The van der Waals surface area contributed by atoms with Crippen molar-refractivity contribution < 1.29 is 18.7 Å². The van der Waals surface area contributed by atoms with Gasteiger partial charge in [-0.05, 0) is 68.7 Å². The van der Waals surface area contributed by atoms with Gasteiger partial charge in [-0.1, -0.05) is 0 Å². The fourth-order valence-corrected chi connectivity index (χ4v) is 5.49. The van der Waals surface area contributed by atoms with E-state index < -0.39 is 0 Å². The summed E-state index contributed by atoms with van der Waals surface area (Å²) in [6.45, 7) is 3.20. The second-order valence-electron chi connectivity index (χ2n) is 8.03. The Kier molecular flexibility index (Phi) is 6.42. The number of carbonyl (C=O) groups is 2. The highest BCUT2D eigenvalue weighted by atomic mass is 32.1. The second-order valence-corrected chi connectivity index (χ2v) is 9.13. The smallest absolute Gasteiger partial charge is 0.410 e. The van der Waals surface area contributed by atoms with Crippen LogP contribution in [0.3, 0.4) is 0 Å². The first-order chi connectivity index (χ1) is 15.0. The third kappa shape index (κ3) is 4.83. The number of hydrogen-bond acceptors (Lipinski definition) is 6. The lowest BCUT2D eigenvalue weighted by Gasteiger charge is -2.25. The molecule has 2 aliphatic rings. The molecular formula is C23H25N3O4S. The summed E-state index contributed by atoms with van der Waals surface area (Å²) in [6, 6.07) is 5.99. The van der Waals surface area contributed by atoms with E-state index in [1.165, 1.54) is 23.7 Å². The summed E-state index contributed by atoms with van der Waals surface area (Å²) in [5, 5.41) is 13.0. The normalized spacial score (nSPS) is 20.5. The highest BCUT2D eigenvalue weighted by molar-refractivity contribution is 7.16. The van der Waals surface area contributed by atoms with E-state index in [0.717, 1.165) is 49.1 Å². The van der Waals surface area contributed by atoms with Gasteiger partial charge in [-0.2, -0.15) is 5.26 Å². The van der Waals surface area contributed by atoms with Crippen LogP contribution in [-0.4, -0.2) is 36.1 Å². The average molecular weight is 440 g/mol. The molecule has 3 heterocycles. The average Bonchev–Trinajstić information content (AvgIpc) is 3.50. The second kappa shape index (κ2) is 9.40. The molecule has 0 aromatic carbocycles. The fourth-order valence-electron chi connectivity index (χ4n) is 4.18. The highest BCUT2D eigenvalue weighted by Crippen LogP contribution is 2.39. The van der Waals surface area contributed by atoms with Gasteiger partial charge >= 0.3 is 6.09 Å². The van der Waals surface area contributed by atoms with E-state index in [2.05, 4.69) is 18.3 Å². The Labute approximate surface area is 185 Å². The molecule has 162 valence electrons. The topological polar surface area (TPSA) is 95.6 Å². The number of likely N-dealkylation sites (tertiary alicyclic amines) is 1. The summed E-state index contributed by atoms with van der Waals surface area (Å²) in [6.07, 6.45) is 8.69. The molecule has 1 aliphatic heterocycles. The van der Waals surface area contributed by atoms with Gasteiger partial charge in [0.1, 0.15) is 16.8 Å². The summed E-state index contributed by atoms with van der Waals surface area (Å²) in [7, 11) is 0. The van der Waals surface area contributed by atoms with Crippen LogP contribution in [0.5, 0.6) is 0 Å². The summed E-state index contributed by atoms with van der Waals surface area (Å²) in [5.41, 5.74) is 1.55. The molecule has 1 fully saturated rings. The number of nitriles is 1. The van der Waals surface area contributed by atoms with Crippen molar-refractivity contribution in [3.63, 3.8) is 0 Å². The summed E-state index contributed by atoms with van der Waals surface area (Å²) in [5.74, 6) is 0.500. The summed E-state index contributed by atoms with van der Waals surface area (Å²) < 4.78 is 10.8. The van der Waals surface area contributed by atoms with E-state index in [-0.39, 0.29) is 24.0 Å². The van der Waals surface area contributed by atoms with Crippen molar-refractivity contribution in [1.82, 2.24) is 4.90 Å². The fraction of sp³-hybridized carbons (Fsp3) is 0.435. The van der Waals surface area contributed by atoms with Crippen molar-refractivity contribution >= 4 is 34.4 Å². The van der Waals surface area contributed by atoms with E-state index >= 15 is 0 Å². The third-order valence-corrected chi connectivity index (χ3v) is 7.06. The lowest BCUT2D eigenvalue weighted by Crippen LogP contribution is -2.35. The molecule has 1 N–H and O–H groups in total. The van der Waals surface area contributed by atoms with Crippen molar-refractivity contribution in [2.45, 2.75) is 45.1 Å². The molecule has 2 amide bonds. The number of furan rings is 1. The van der Waals surface area contributed by atoms with Crippen LogP contribution in [0.15, 0.2) is 28.9 Å². The van der Waals surface area contributed by atoms with Gasteiger partial charge in [0, 0.05) is 23.5 Å². The van der Waals surface area contributed by atoms with Gasteiger partial charge < -0.3 is 19.4 Å². The molecule has 2 unspecified atom stereocenters. The zero-order valence-electron chi connectivity index (χ0n) is 17.4. The van der Waals surface area contributed by atoms with Gasteiger partial charge in [-0.15, -0.1) is 11.3 Å². The molecule has 7 nitrogen and oxygen atoms in total. The number of ether oxygens (including phenoxy) is 1. The van der Waals surface area contributed by atoms with Crippen LogP contribution in [0.2, 0.25) is 0 Å². The van der Waals surface area contributed by atoms with Crippen LogP contribution in [0.25, 0.3) is 6.08 Å². The van der Waals surface area contributed by atoms with Crippen LogP contribution >= 0.6 is 11.3 Å². The van der Waals surface area contributed by atoms with E-state index in [0.29, 0.717) is 22.9 Å². The van der Waals surface area contributed by atoms with Crippen molar-refractivity contribution in [3.8, 4) is 6.07 Å². The molecule has 0 spiro atoms. The molecule has 0 saturated carbocycles. The Balaban J connectivity index is 1.37. The van der Waals surface area contributed by atoms with E-state index in [4.69, 9.17) is 9.15 Å². The molecule has 2 atom stereocenters. The molecule has 0 bridgehead atoms. The van der Waals surface area contributed by atoms with Crippen molar-refractivity contribution in [2.24, 2.45) is 5.92 Å². The Morgan fingerprint density at radius 2 is 2.32 bits per heavy atom. The zero-order valence-corrected chi connectivity index (χ0v) is 18.2. The Morgan fingerprint density at radius 1 is 1.45 bits per heavy atom. The SMILES string of the molecule is CC1CCCN1C(=O)OCC1CCc2c(sc(NC(=O)/C=C/c3ccco3)c2C#N)C1. The van der Waals surface area contributed by atoms with Gasteiger partial charge in [-0.25, -0.2) is 4.79 Å². The van der Waals surface area contributed by atoms with Gasteiger partial charge in [0.05, 0.1) is 18.4 Å². The molecule has 2 aromatic rings. The first-order valence-electron chi connectivity index (χ1n) is 10.6. The van der Waals surface area contributed by atoms with Crippen molar-refractivity contribution in [1.29, 1.82) is 5.26 Å².